The quantitative estimate of drug-likeness (QED) is 0.480. The number of piperidine rings is 1. The van der Waals surface area contributed by atoms with Crippen molar-refractivity contribution in [2.75, 3.05) is 32.8 Å². The highest BCUT2D eigenvalue weighted by Gasteiger charge is 2.44. The van der Waals surface area contributed by atoms with Crippen molar-refractivity contribution < 1.29 is 23.7 Å². The highest BCUT2D eigenvalue weighted by Crippen LogP contribution is 2.26. The lowest BCUT2D eigenvalue weighted by molar-refractivity contribution is -0.104. The van der Waals surface area contributed by atoms with Crippen molar-refractivity contribution >= 4 is 10.0 Å². The number of nitrogens with zero attached hydrogens (tertiary/aromatic N) is 1. The lowest BCUT2D eigenvalue weighted by Crippen LogP contribution is -2.62. The fourth-order valence-corrected chi connectivity index (χ4v) is 4.19. The smallest absolute Gasteiger partial charge is 0.243 e. The van der Waals surface area contributed by atoms with Gasteiger partial charge in [0.1, 0.15) is 5.60 Å². The van der Waals surface area contributed by atoms with E-state index in [0.29, 0.717) is 13.0 Å². The van der Waals surface area contributed by atoms with Gasteiger partial charge in [0, 0.05) is 26.2 Å². The van der Waals surface area contributed by atoms with E-state index in [1.807, 2.05) is 0 Å². The molecule has 0 bridgehead atoms. The van der Waals surface area contributed by atoms with Crippen LogP contribution >= 0.6 is 0 Å². The van der Waals surface area contributed by atoms with Crippen LogP contribution in [0.2, 0.25) is 0 Å². The Kier molecular flexibility index (Phi) is 6.12. The van der Waals surface area contributed by atoms with Gasteiger partial charge in [-0.1, -0.05) is 18.2 Å². The molecule has 2 atom stereocenters. The zero-order valence-corrected chi connectivity index (χ0v) is 13.7. The van der Waals surface area contributed by atoms with Crippen LogP contribution in [0, 0.1) is 0 Å². The SMILES string of the molecule is O=S(=O)(c1ccccc1)N1CC[C@@H](O)[C@](O)(CNCCCO)C1. The maximum atomic E-state index is 12.6. The highest BCUT2D eigenvalue weighted by molar-refractivity contribution is 7.89. The van der Waals surface area contributed by atoms with Crippen LogP contribution in [0.15, 0.2) is 35.2 Å². The Balaban J connectivity index is 2.10. The van der Waals surface area contributed by atoms with Crippen molar-refractivity contribution in [1.29, 1.82) is 0 Å². The van der Waals surface area contributed by atoms with Gasteiger partial charge in [0.05, 0.1) is 11.0 Å². The molecule has 0 unspecified atom stereocenters. The first-order valence-corrected chi connectivity index (χ1v) is 9.11. The van der Waals surface area contributed by atoms with Gasteiger partial charge >= 0.3 is 0 Å². The molecule has 130 valence electrons. The van der Waals surface area contributed by atoms with Crippen molar-refractivity contribution in [1.82, 2.24) is 9.62 Å². The minimum absolute atomic E-state index is 0.0303. The largest absolute Gasteiger partial charge is 0.396 e. The topological polar surface area (TPSA) is 110 Å². The van der Waals surface area contributed by atoms with Crippen LogP contribution in [0.1, 0.15) is 12.8 Å². The minimum Gasteiger partial charge on any atom is -0.396 e. The first-order valence-electron chi connectivity index (χ1n) is 7.67. The number of sulfonamides is 1. The molecule has 0 amide bonds. The van der Waals surface area contributed by atoms with Gasteiger partial charge < -0.3 is 20.6 Å². The number of hydrogen-bond donors (Lipinski definition) is 4. The van der Waals surface area contributed by atoms with E-state index in [4.69, 9.17) is 5.11 Å². The highest BCUT2D eigenvalue weighted by atomic mass is 32.2. The number of aliphatic hydroxyl groups is 3. The Labute approximate surface area is 136 Å². The van der Waals surface area contributed by atoms with E-state index in [1.165, 1.54) is 16.4 Å². The molecule has 1 aromatic rings. The van der Waals surface area contributed by atoms with Crippen molar-refractivity contribution in [2.24, 2.45) is 0 Å². The standard InChI is InChI=1S/C15H24N2O5S/c18-10-4-8-16-11-15(20)12-17(9-7-14(15)19)23(21,22)13-5-2-1-3-6-13/h1-3,5-6,14,16,18-20H,4,7-12H2/t14-,15+/m1/s1. The fraction of sp³-hybridized carbons (Fsp3) is 0.600. The van der Waals surface area contributed by atoms with E-state index < -0.39 is 21.7 Å². The summed E-state index contributed by atoms with van der Waals surface area (Å²) in [5.41, 5.74) is -1.55. The molecule has 1 aliphatic heterocycles. The minimum atomic E-state index is -3.70. The number of rotatable bonds is 7. The lowest BCUT2D eigenvalue weighted by Gasteiger charge is -2.42. The van der Waals surface area contributed by atoms with Gasteiger partial charge in [-0.15, -0.1) is 0 Å². The molecule has 8 heteroatoms. The van der Waals surface area contributed by atoms with Crippen LogP contribution < -0.4 is 5.32 Å². The Morgan fingerprint density at radius 2 is 2.00 bits per heavy atom. The van der Waals surface area contributed by atoms with Crippen molar-refractivity contribution in [3.8, 4) is 0 Å². The van der Waals surface area contributed by atoms with Crippen LogP contribution in [0.3, 0.4) is 0 Å². The second kappa shape index (κ2) is 7.69. The predicted molar refractivity (Wildman–Crippen MR) is 85.3 cm³/mol. The van der Waals surface area contributed by atoms with E-state index in [2.05, 4.69) is 5.32 Å². The van der Waals surface area contributed by atoms with Gasteiger partial charge in [-0.2, -0.15) is 4.31 Å². The van der Waals surface area contributed by atoms with Crippen molar-refractivity contribution in [3.05, 3.63) is 30.3 Å². The molecule has 0 radical (unpaired) electrons. The number of aliphatic hydroxyl groups excluding tert-OH is 2. The average Bonchev–Trinajstić information content (AvgIpc) is 2.55. The first-order chi connectivity index (χ1) is 10.9. The molecule has 1 fully saturated rings. The molecule has 2 rings (SSSR count). The van der Waals surface area contributed by atoms with E-state index >= 15 is 0 Å². The van der Waals surface area contributed by atoms with Crippen LogP contribution in [0.4, 0.5) is 0 Å². The fourth-order valence-electron chi connectivity index (χ4n) is 2.65. The lowest BCUT2D eigenvalue weighted by atomic mass is 9.91. The zero-order chi connectivity index (χ0) is 16.9. The summed E-state index contributed by atoms with van der Waals surface area (Å²) >= 11 is 0. The molecule has 0 saturated carbocycles. The van der Waals surface area contributed by atoms with Gasteiger partial charge in [0.2, 0.25) is 10.0 Å². The number of β-amino-alcohol motifs (C(OH)–C–C–N with tert-alkyl or cyclic N) is 1. The molecule has 1 aliphatic rings. The van der Waals surface area contributed by atoms with Crippen LogP contribution in [-0.4, -0.2) is 72.5 Å². The third-order valence-electron chi connectivity index (χ3n) is 4.05. The molecular weight excluding hydrogens is 320 g/mol. The second-order valence-corrected chi connectivity index (χ2v) is 7.75. The normalized spacial score (nSPS) is 26.3. The molecule has 1 saturated heterocycles. The van der Waals surface area contributed by atoms with E-state index in [1.54, 1.807) is 18.2 Å². The van der Waals surface area contributed by atoms with Crippen LogP contribution in [0.5, 0.6) is 0 Å². The summed E-state index contributed by atoms with van der Waals surface area (Å²) in [5, 5.41) is 32.4. The first kappa shape index (κ1) is 18.3. The molecular formula is C15H24N2O5S. The summed E-state index contributed by atoms with van der Waals surface area (Å²) in [4.78, 5) is 0.173. The van der Waals surface area contributed by atoms with Gasteiger partial charge in [0.25, 0.3) is 0 Å². The van der Waals surface area contributed by atoms with Crippen molar-refractivity contribution in [3.63, 3.8) is 0 Å². The zero-order valence-electron chi connectivity index (χ0n) is 12.9. The number of hydrogen-bond acceptors (Lipinski definition) is 6. The monoisotopic (exact) mass is 344 g/mol. The van der Waals surface area contributed by atoms with Crippen LogP contribution in [-0.2, 0) is 10.0 Å². The second-order valence-electron chi connectivity index (χ2n) is 5.81. The third-order valence-corrected chi connectivity index (χ3v) is 5.91. The molecule has 4 N–H and O–H groups in total. The van der Waals surface area contributed by atoms with Crippen molar-refractivity contribution in [2.45, 2.75) is 29.4 Å². The Morgan fingerprint density at radius 1 is 1.30 bits per heavy atom. The Bertz CT molecular complexity index is 595. The van der Waals surface area contributed by atoms with Crippen LogP contribution in [0.25, 0.3) is 0 Å². The third kappa shape index (κ3) is 4.28. The molecule has 0 aromatic heterocycles. The maximum Gasteiger partial charge on any atom is 0.243 e. The van der Waals surface area contributed by atoms with Gasteiger partial charge in [-0.25, -0.2) is 8.42 Å². The van der Waals surface area contributed by atoms with E-state index in [-0.39, 0.29) is 37.6 Å². The molecule has 1 aromatic carbocycles. The summed E-state index contributed by atoms with van der Waals surface area (Å²) in [7, 11) is -3.70. The molecule has 7 nitrogen and oxygen atoms in total. The molecule has 0 spiro atoms. The summed E-state index contributed by atoms with van der Waals surface area (Å²) in [6, 6.07) is 8.06. The van der Waals surface area contributed by atoms with E-state index in [0.717, 1.165) is 0 Å². The van der Waals surface area contributed by atoms with Gasteiger partial charge in [0.15, 0.2) is 0 Å². The Hall–Kier alpha value is -1.03. The summed E-state index contributed by atoms with van der Waals surface area (Å²) in [6.45, 7) is 0.573. The number of nitrogens with one attached hydrogen (secondary N) is 1. The molecule has 1 heterocycles. The summed E-state index contributed by atoms with van der Waals surface area (Å²) in [5.74, 6) is 0. The van der Waals surface area contributed by atoms with Gasteiger partial charge in [-0.3, -0.25) is 0 Å². The predicted octanol–water partition coefficient (Wildman–Crippen LogP) is -0.855. The molecule has 0 aliphatic carbocycles. The number of benzene rings is 1. The summed E-state index contributed by atoms with van der Waals surface area (Å²) in [6.07, 6.45) is -0.297. The van der Waals surface area contributed by atoms with Gasteiger partial charge in [-0.05, 0) is 31.5 Å². The van der Waals surface area contributed by atoms with E-state index in [9.17, 15) is 18.6 Å². The summed E-state index contributed by atoms with van der Waals surface area (Å²) < 4.78 is 26.5. The maximum absolute atomic E-state index is 12.6. The molecule has 23 heavy (non-hydrogen) atoms. The Morgan fingerprint density at radius 3 is 2.65 bits per heavy atom. The average molecular weight is 344 g/mol.